The maximum atomic E-state index is 12.0. The Bertz CT molecular complexity index is 750. The van der Waals surface area contributed by atoms with Crippen LogP contribution in [0.15, 0.2) is 29.2 Å². The van der Waals surface area contributed by atoms with E-state index in [0.29, 0.717) is 6.04 Å². The highest BCUT2D eigenvalue weighted by molar-refractivity contribution is 5.39. The number of nitrogens with one attached hydrogen (secondary N) is 1. The summed E-state index contributed by atoms with van der Waals surface area (Å²) >= 11 is 0. The lowest BCUT2D eigenvalue weighted by Crippen LogP contribution is -2.46. The number of hydrogen-bond donors (Lipinski definition) is 1. The molecule has 25 heavy (non-hydrogen) atoms. The van der Waals surface area contributed by atoms with Gasteiger partial charge in [0.2, 0.25) is 0 Å². The van der Waals surface area contributed by atoms with Gasteiger partial charge >= 0.3 is 0 Å². The standard InChI is InChI=1S/C18H28N6O/c1-14(2)24-18(25)8-7-17(21-24)23-10-5-4-6-16(23)13-19-12-15-9-11-22(3)20-15/h7-9,11,14,16,19H,4-6,10,12-13H2,1-3H3. The molecule has 1 saturated heterocycles. The van der Waals surface area contributed by atoms with Crippen molar-refractivity contribution >= 4 is 5.82 Å². The quantitative estimate of drug-likeness (QED) is 0.864. The zero-order chi connectivity index (χ0) is 17.8. The van der Waals surface area contributed by atoms with Crippen molar-refractivity contribution in [3.8, 4) is 0 Å². The third kappa shape index (κ3) is 4.28. The Morgan fingerprint density at radius 2 is 2.08 bits per heavy atom. The van der Waals surface area contributed by atoms with Crippen molar-refractivity contribution in [2.75, 3.05) is 18.0 Å². The van der Waals surface area contributed by atoms with E-state index < -0.39 is 0 Å². The average molecular weight is 344 g/mol. The fraction of sp³-hybridized carbons (Fsp3) is 0.611. The van der Waals surface area contributed by atoms with Gasteiger partial charge in [0.25, 0.3) is 5.56 Å². The summed E-state index contributed by atoms with van der Waals surface area (Å²) in [6.07, 6.45) is 5.50. The lowest BCUT2D eigenvalue weighted by Gasteiger charge is -2.37. The number of aromatic nitrogens is 4. The molecule has 2 aromatic rings. The summed E-state index contributed by atoms with van der Waals surface area (Å²) in [7, 11) is 1.93. The molecule has 0 aliphatic carbocycles. The van der Waals surface area contributed by atoms with Gasteiger partial charge in [0.05, 0.1) is 11.7 Å². The van der Waals surface area contributed by atoms with E-state index in [0.717, 1.165) is 37.6 Å². The number of aryl methyl sites for hydroxylation is 1. The number of piperidine rings is 1. The summed E-state index contributed by atoms with van der Waals surface area (Å²) in [6.45, 7) is 6.61. The molecule has 0 saturated carbocycles. The van der Waals surface area contributed by atoms with Gasteiger partial charge in [-0.15, -0.1) is 0 Å². The Kier molecular flexibility index (Phi) is 5.53. The molecule has 1 aliphatic heterocycles. The van der Waals surface area contributed by atoms with Crippen LogP contribution in [0.5, 0.6) is 0 Å². The van der Waals surface area contributed by atoms with E-state index in [2.05, 4.69) is 20.4 Å². The number of rotatable bonds is 6. The molecule has 1 fully saturated rings. The molecule has 0 spiro atoms. The molecule has 1 N–H and O–H groups in total. The largest absolute Gasteiger partial charge is 0.351 e. The minimum absolute atomic E-state index is 0.0411. The fourth-order valence-corrected chi connectivity index (χ4v) is 3.38. The summed E-state index contributed by atoms with van der Waals surface area (Å²) in [5.41, 5.74) is 1.01. The molecule has 0 amide bonds. The summed E-state index contributed by atoms with van der Waals surface area (Å²) in [5.74, 6) is 0.901. The van der Waals surface area contributed by atoms with Gasteiger partial charge < -0.3 is 10.2 Å². The van der Waals surface area contributed by atoms with Crippen LogP contribution < -0.4 is 15.8 Å². The lowest BCUT2D eigenvalue weighted by atomic mass is 10.0. The van der Waals surface area contributed by atoms with Crippen LogP contribution in [0, 0.1) is 0 Å². The second-order valence-corrected chi connectivity index (χ2v) is 7.02. The highest BCUT2D eigenvalue weighted by atomic mass is 16.1. The summed E-state index contributed by atoms with van der Waals surface area (Å²) in [6, 6.07) is 5.99. The lowest BCUT2D eigenvalue weighted by molar-refractivity contribution is 0.422. The number of hydrogen-bond acceptors (Lipinski definition) is 5. The molecule has 1 atom stereocenters. The zero-order valence-electron chi connectivity index (χ0n) is 15.4. The first-order chi connectivity index (χ1) is 12.0. The maximum absolute atomic E-state index is 12.0. The van der Waals surface area contributed by atoms with Gasteiger partial charge in [-0.3, -0.25) is 9.48 Å². The Morgan fingerprint density at radius 1 is 1.24 bits per heavy atom. The molecule has 7 heteroatoms. The smallest absolute Gasteiger partial charge is 0.267 e. The van der Waals surface area contributed by atoms with Crippen LogP contribution in [0.4, 0.5) is 5.82 Å². The van der Waals surface area contributed by atoms with Crippen molar-refractivity contribution in [2.45, 2.75) is 51.7 Å². The third-order valence-corrected chi connectivity index (χ3v) is 4.68. The molecule has 0 radical (unpaired) electrons. The van der Waals surface area contributed by atoms with Crippen molar-refractivity contribution in [1.82, 2.24) is 24.9 Å². The first-order valence-corrected chi connectivity index (χ1v) is 9.10. The second-order valence-electron chi connectivity index (χ2n) is 7.02. The fourth-order valence-electron chi connectivity index (χ4n) is 3.38. The van der Waals surface area contributed by atoms with E-state index in [4.69, 9.17) is 0 Å². The Hall–Kier alpha value is -2.15. The number of nitrogens with zero attached hydrogens (tertiary/aromatic N) is 5. The molecular formula is C18H28N6O. The van der Waals surface area contributed by atoms with E-state index in [1.54, 1.807) is 10.7 Å². The first-order valence-electron chi connectivity index (χ1n) is 9.10. The van der Waals surface area contributed by atoms with Crippen LogP contribution in [0.25, 0.3) is 0 Å². The molecule has 7 nitrogen and oxygen atoms in total. The first kappa shape index (κ1) is 17.7. The van der Waals surface area contributed by atoms with E-state index in [1.807, 2.05) is 43.9 Å². The molecule has 136 valence electrons. The van der Waals surface area contributed by atoms with Gasteiger partial charge in [-0.1, -0.05) is 0 Å². The van der Waals surface area contributed by atoms with Crippen molar-refractivity contribution in [3.05, 3.63) is 40.4 Å². The molecule has 1 unspecified atom stereocenters. The zero-order valence-corrected chi connectivity index (χ0v) is 15.4. The predicted molar refractivity (Wildman–Crippen MR) is 98.8 cm³/mol. The van der Waals surface area contributed by atoms with Crippen LogP contribution in [0.3, 0.4) is 0 Å². The SMILES string of the molecule is CC(C)n1nc(N2CCCCC2CNCc2ccn(C)n2)ccc1=O. The van der Waals surface area contributed by atoms with Crippen molar-refractivity contribution in [2.24, 2.45) is 7.05 Å². The topological polar surface area (TPSA) is 68.0 Å². The van der Waals surface area contributed by atoms with Gasteiger partial charge in [-0.05, 0) is 45.2 Å². The van der Waals surface area contributed by atoms with Gasteiger partial charge in [0.15, 0.2) is 0 Å². The van der Waals surface area contributed by atoms with Gasteiger partial charge in [0.1, 0.15) is 5.82 Å². The average Bonchev–Trinajstić information content (AvgIpc) is 3.01. The minimum Gasteiger partial charge on any atom is -0.351 e. The second kappa shape index (κ2) is 7.82. The van der Waals surface area contributed by atoms with Crippen LogP contribution in [-0.2, 0) is 13.6 Å². The van der Waals surface area contributed by atoms with E-state index in [9.17, 15) is 4.79 Å². The highest BCUT2D eigenvalue weighted by Crippen LogP contribution is 2.22. The van der Waals surface area contributed by atoms with Gasteiger partial charge in [-0.25, -0.2) is 4.68 Å². The molecule has 3 heterocycles. The Labute approximate surface area is 148 Å². The Morgan fingerprint density at radius 3 is 2.80 bits per heavy atom. The number of anilines is 1. The van der Waals surface area contributed by atoms with E-state index in [1.165, 1.54) is 12.8 Å². The maximum Gasteiger partial charge on any atom is 0.267 e. The normalized spacial score (nSPS) is 18.1. The van der Waals surface area contributed by atoms with Crippen LogP contribution >= 0.6 is 0 Å². The monoisotopic (exact) mass is 344 g/mol. The van der Waals surface area contributed by atoms with Gasteiger partial charge in [0, 0.05) is 45.0 Å². The third-order valence-electron chi connectivity index (χ3n) is 4.68. The summed E-state index contributed by atoms with van der Waals surface area (Å²) < 4.78 is 3.39. The van der Waals surface area contributed by atoms with Crippen molar-refractivity contribution in [1.29, 1.82) is 0 Å². The molecule has 1 aliphatic rings. The highest BCUT2D eigenvalue weighted by Gasteiger charge is 2.24. The van der Waals surface area contributed by atoms with Crippen molar-refractivity contribution in [3.63, 3.8) is 0 Å². The summed E-state index contributed by atoms with van der Waals surface area (Å²) in [5, 5.41) is 12.5. The van der Waals surface area contributed by atoms with Gasteiger partial charge in [-0.2, -0.15) is 10.2 Å². The Balaban J connectivity index is 1.68. The van der Waals surface area contributed by atoms with Crippen molar-refractivity contribution < 1.29 is 0 Å². The predicted octanol–water partition coefficient (Wildman–Crippen LogP) is 1.71. The van der Waals surface area contributed by atoms with E-state index in [-0.39, 0.29) is 11.6 Å². The molecular weight excluding hydrogens is 316 g/mol. The molecule has 0 bridgehead atoms. The van der Waals surface area contributed by atoms with Crippen LogP contribution in [0.1, 0.15) is 44.8 Å². The molecule has 3 rings (SSSR count). The molecule has 0 aromatic carbocycles. The van der Waals surface area contributed by atoms with Crippen LogP contribution in [-0.4, -0.2) is 38.7 Å². The van der Waals surface area contributed by atoms with Crippen LogP contribution in [0.2, 0.25) is 0 Å². The van der Waals surface area contributed by atoms with E-state index >= 15 is 0 Å². The minimum atomic E-state index is -0.0411. The molecule has 2 aromatic heterocycles. The summed E-state index contributed by atoms with van der Waals surface area (Å²) in [4.78, 5) is 14.3.